The lowest BCUT2D eigenvalue weighted by Gasteiger charge is -2.12. The smallest absolute Gasteiger partial charge is 0.270 e. The summed E-state index contributed by atoms with van der Waals surface area (Å²) < 4.78 is 28.1. The van der Waals surface area contributed by atoms with Crippen LogP contribution < -0.4 is 9.44 Å². The van der Waals surface area contributed by atoms with E-state index in [9.17, 15) is 8.42 Å². The van der Waals surface area contributed by atoms with Gasteiger partial charge in [-0.25, -0.2) is 0 Å². The molecular weight excluding hydrogens is 274 g/mol. The van der Waals surface area contributed by atoms with E-state index in [1.807, 2.05) is 19.9 Å². The topological polar surface area (TPSA) is 82.0 Å². The minimum Gasteiger partial charge on any atom is -0.270 e. The normalized spacial score (nSPS) is 11.3. The van der Waals surface area contributed by atoms with Crippen molar-refractivity contribution in [1.82, 2.24) is 4.72 Å². The summed E-state index contributed by atoms with van der Waals surface area (Å²) >= 11 is 5.86. The van der Waals surface area contributed by atoms with E-state index in [2.05, 4.69) is 9.44 Å². The van der Waals surface area contributed by atoms with Gasteiger partial charge in [0, 0.05) is 6.54 Å². The first-order chi connectivity index (χ1) is 8.34. The van der Waals surface area contributed by atoms with E-state index in [1.54, 1.807) is 0 Å². The molecule has 0 heterocycles. The van der Waals surface area contributed by atoms with Gasteiger partial charge in [-0.1, -0.05) is 25.4 Å². The Morgan fingerprint density at radius 2 is 2.11 bits per heavy atom. The van der Waals surface area contributed by atoms with Crippen LogP contribution >= 0.6 is 11.6 Å². The maximum absolute atomic E-state index is 11.7. The number of rotatable bonds is 5. The minimum atomic E-state index is -3.67. The van der Waals surface area contributed by atoms with Crippen molar-refractivity contribution in [3.05, 3.63) is 28.8 Å². The number of nitrogens with one attached hydrogen (secondary N) is 2. The molecule has 0 bridgehead atoms. The van der Waals surface area contributed by atoms with Gasteiger partial charge in [-0.05, 0) is 24.1 Å². The van der Waals surface area contributed by atoms with Gasteiger partial charge >= 0.3 is 0 Å². The molecule has 1 rings (SSSR count). The van der Waals surface area contributed by atoms with E-state index in [0.717, 1.165) is 0 Å². The van der Waals surface area contributed by atoms with Gasteiger partial charge in [-0.2, -0.15) is 18.4 Å². The van der Waals surface area contributed by atoms with Crippen molar-refractivity contribution in [3.8, 4) is 6.07 Å². The second-order valence-electron chi connectivity index (χ2n) is 4.15. The first-order valence-electron chi connectivity index (χ1n) is 5.31. The SMILES string of the molecule is CC(C)CNS(=O)(=O)Nc1cc(C#N)ccc1Cl. The summed E-state index contributed by atoms with van der Waals surface area (Å²) in [5.74, 6) is 0.197. The molecule has 0 aliphatic heterocycles. The third-order valence-corrected chi connectivity index (χ3v) is 3.39. The van der Waals surface area contributed by atoms with Crippen molar-refractivity contribution < 1.29 is 8.42 Å². The van der Waals surface area contributed by atoms with E-state index in [0.29, 0.717) is 12.1 Å². The van der Waals surface area contributed by atoms with E-state index in [-0.39, 0.29) is 16.6 Å². The fourth-order valence-electron chi connectivity index (χ4n) is 1.13. The van der Waals surface area contributed by atoms with E-state index in [4.69, 9.17) is 16.9 Å². The highest BCUT2D eigenvalue weighted by Gasteiger charge is 2.12. The zero-order valence-electron chi connectivity index (χ0n) is 10.1. The molecule has 0 amide bonds. The lowest BCUT2D eigenvalue weighted by atomic mass is 10.2. The molecule has 0 spiro atoms. The number of halogens is 1. The first-order valence-corrected chi connectivity index (χ1v) is 7.17. The Kier molecular flexibility index (Phi) is 4.96. The van der Waals surface area contributed by atoms with Crippen LogP contribution in [-0.4, -0.2) is 15.0 Å². The fourth-order valence-corrected chi connectivity index (χ4v) is 2.43. The van der Waals surface area contributed by atoms with Crippen LogP contribution in [0.25, 0.3) is 0 Å². The van der Waals surface area contributed by atoms with Gasteiger partial charge in [0.15, 0.2) is 0 Å². The van der Waals surface area contributed by atoms with Gasteiger partial charge in [0.1, 0.15) is 0 Å². The molecule has 0 unspecified atom stereocenters. The molecule has 0 saturated carbocycles. The molecule has 0 atom stereocenters. The molecule has 98 valence electrons. The van der Waals surface area contributed by atoms with Crippen molar-refractivity contribution >= 4 is 27.5 Å². The number of hydrogen-bond donors (Lipinski definition) is 2. The summed E-state index contributed by atoms with van der Waals surface area (Å²) in [4.78, 5) is 0. The average molecular weight is 288 g/mol. The number of benzene rings is 1. The van der Waals surface area contributed by atoms with Gasteiger partial charge in [0.2, 0.25) is 0 Å². The Morgan fingerprint density at radius 3 is 2.67 bits per heavy atom. The number of hydrogen-bond acceptors (Lipinski definition) is 3. The largest absolute Gasteiger partial charge is 0.299 e. The van der Waals surface area contributed by atoms with Gasteiger partial charge in [-0.3, -0.25) is 4.72 Å². The third kappa shape index (κ3) is 4.53. The minimum absolute atomic E-state index is 0.187. The van der Waals surface area contributed by atoms with Gasteiger partial charge in [0.05, 0.1) is 22.3 Å². The summed E-state index contributed by atoms with van der Waals surface area (Å²) in [5, 5.41) is 8.98. The van der Waals surface area contributed by atoms with Gasteiger partial charge < -0.3 is 0 Å². The van der Waals surface area contributed by atoms with Gasteiger partial charge in [0.25, 0.3) is 10.2 Å². The molecule has 0 aliphatic rings. The van der Waals surface area contributed by atoms with Crippen LogP contribution in [0.2, 0.25) is 5.02 Å². The highest BCUT2D eigenvalue weighted by atomic mass is 35.5. The number of nitriles is 1. The van der Waals surface area contributed by atoms with E-state index >= 15 is 0 Å². The summed E-state index contributed by atoms with van der Waals surface area (Å²) in [6, 6.07) is 6.29. The molecule has 0 radical (unpaired) electrons. The molecule has 0 aromatic heterocycles. The maximum Gasteiger partial charge on any atom is 0.299 e. The predicted molar refractivity (Wildman–Crippen MR) is 71.6 cm³/mol. The van der Waals surface area contributed by atoms with Crippen LogP contribution in [0, 0.1) is 17.2 Å². The second kappa shape index (κ2) is 6.05. The quantitative estimate of drug-likeness (QED) is 0.870. The zero-order chi connectivity index (χ0) is 13.8. The lowest BCUT2D eigenvalue weighted by Crippen LogP contribution is -2.32. The average Bonchev–Trinajstić information content (AvgIpc) is 2.29. The summed E-state index contributed by atoms with van der Waals surface area (Å²) in [5.41, 5.74) is 0.521. The van der Waals surface area contributed by atoms with Crippen molar-refractivity contribution in [3.63, 3.8) is 0 Å². The fraction of sp³-hybridized carbons (Fsp3) is 0.364. The van der Waals surface area contributed by atoms with Crippen LogP contribution in [0.1, 0.15) is 19.4 Å². The molecule has 2 N–H and O–H groups in total. The molecule has 0 saturated heterocycles. The standard InChI is InChI=1S/C11H14ClN3O2S/c1-8(2)7-14-18(16,17)15-11-5-9(6-13)3-4-10(11)12/h3-5,8,14-15H,7H2,1-2H3. The van der Waals surface area contributed by atoms with Crippen molar-refractivity contribution in [2.45, 2.75) is 13.8 Å². The zero-order valence-corrected chi connectivity index (χ0v) is 11.6. The summed E-state index contributed by atoms with van der Waals surface area (Å²) in [6.45, 7) is 4.11. The van der Waals surface area contributed by atoms with Crippen LogP contribution in [0.4, 0.5) is 5.69 Å². The molecule has 18 heavy (non-hydrogen) atoms. The van der Waals surface area contributed by atoms with Crippen molar-refractivity contribution in [2.24, 2.45) is 5.92 Å². The molecule has 0 fully saturated rings. The Hall–Kier alpha value is -1.29. The van der Waals surface area contributed by atoms with Gasteiger partial charge in [-0.15, -0.1) is 0 Å². The highest BCUT2D eigenvalue weighted by molar-refractivity contribution is 7.90. The van der Waals surface area contributed by atoms with Crippen molar-refractivity contribution in [2.75, 3.05) is 11.3 Å². The van der Waals surface area contributed by atoms with Crippen molar-refractivity contribution in [1.29, 1.82) is 5.26 Å². The van der Waals surface area contributed by atoms with Crippen LogP contribution in [0.5, 0.6) is 0 Å². The molecule has 1 aromatic carbocycles. The maximum atomic E-state index is 11.7. The Morgan fingerprint density at radius 1 is 1.44 bits per heavy atom. The lowest BCUT2D eigenvalue weighted by molar-refractivity contribution is 0.565. The van der Waals surface area contributed by atoms with E-state index < -0.39 is 10.2 Å². The summed E-state index contributed by atoms with van der Waals surface area (Å²) in [7, 11) is -3.67. The molecule has 5 nitrogen and oxygen atoms in total. The first kappa shape index (κ1) is 14.8. The Balaban J connectivity index is 2.87. The third-order valence-electron chi connectivity index (χ3n) is 2.02. The molecular formula is C11H14ClN3O2S. The number of nitrogens with zero attached hydrogens (tertiary/aromatic N) is 1. The Bertz CT molecular complexity index is 564. The molecule has 1 aromatic rings. The van der Waals surface area contributed by atoms with Crippen LogP contribution in [0.15, 0.2) is 18.2 Å². The number of anilines is 1. The predicted octanol–water partition coefficient (Wildman–Crippen LogP) is 2.11. The van der Waals surface area contributed by atoms with Crippen LogP contribution in [0.3, 0.4) is 0 Å². The van der Waals surface area contributed by atoms with E-state index in [1.165, 1.54) is 18.2 Å². The highest BCUT2D eigenvalue weighted by Crippen LogP contribution is 2.23. The van der Waals surface area contributed by atoms with Crippen LogP contribution in [-0.2, 0) is 10.2 Å². The molecule has 7 heteroatoms. The second-order valence-corrected chi connectivity index (χ2v) is 6.06. The Labute approximate surface area is 112 Å². The monoisotopic (exact) mass is 287 g/mol. The summed E-state index contributed by atoms with van der Waals surface area (Å²) in [6.07, 6.45) is 0. The molecule has 0 aliphatic carbocycles.